The third kappa shape index (κ3) is 3.01. The maximum atomic E-state index is 5.77. The monoisotopic (exact) mass is 305 g/mol. The number of nitrogens with zero attached hydrogens (tertiary/aromatic N) is 2. The smallest absolute Gasteiger partial charge is 0.128 e. The number of rotatable bonds is 3. The van der Waals surface area contributed by atoms with Crippen molar-refractivity contribution in [1.82, 2.24) is 4.98 Å². The van der Waals surface area contributed by atoms with E-state index in [-0.39, 0.29) is 0 Å². The van der Waals surface area contributed by atoms with Crippen LogP contribution in [0.4, 0.5) is 11.5 Å². The van der Waals surface area contributed by atoms with Crippen molar-refractivity contribution in [3.63, 3.8) is 0 Å². The number of aryl methyl sites for hydroxylation is 1. The van der Waals surface area contributed by atoms with Crippen molar-refractivity contribution in [3.05, 3.63) is 52.1 Å². The van der Waals surface area contributed by atoms with Crippen molar-refractivity contribution in [2.24, 2.45) is 0 Å². The van der Waals surface area contributed by atoms with Crippen LogP contribution in [-0.4, -0.2) is 12.0 Å². The summed E-state index contributed by atoms with van der Waals surface area (Å²) >= 11 is 3.48. The fourth-order valence-electron chi connectivity index (χ4n) is 1.75. The molecule has 0 saturated carbocycles. The van der Waals surface area contributed by atoms with Crippen LogP contribution in [0, 0.1) is 6.92 Å². The van der Waals surface area contributed by atoms with Crippen molar-refractivity contribution in [2.75, 3.05) is 17.7 Å². The van der Waals surface area contributed by atoms with E-state index in [1.807, 2.05) is 32.2 Å². The van der Waals surface area contributed by atoms with Gasteiger partial charge in [-0.2, -0.15) is 0 Å². The van der Waals surface area contributed by atoms with E-state index in [0.717, 1.165) is 28.1 Å². The molecule has 0 amide bonds. The second kappa shape index (κ2) is 5.40. The predicted octanol–water partition coefficient (Wildman–Crippen LogP) is 3.37. The second-order valence-electron chi connectivity index (χ2n) is 4.39. The van der Waals surface area contributed by atoms with Crippen LogP contribution in [0.5, 0.6) is 0 Å². The Kier molecular flexibility index (Phi) is 3.87. The van der Waals surface area contributed by atoms with E-state index in [1.54, 1.807) is 6.20 Å². The maximum Gasteiger partial charge on any atom is 0.128 e. The summed E-state index contributed by atoms with van der Waals surface area (Å²) in [5, 5.41) is 0. The number of benzene rings is 1. The van der Waals surface area contributed by atoms with Gasteiger partial charge in [0.1, 0.15) is 5.82 Å². The molecular formula is C14H16BrN3. The number of aromatic nitrogens is 1. The van der Waals surface area contributed by atoms with Crippen LogP contribution in [0.15, 0.2) is 41.0 Å². The summed E-state index contributed by atoms with van der Waals surface area (Å²) in [5.74, 6) is 0.932. The largest absolute Gasteiger partial charge is 0.397 e. The third-order valence-electron chi connectivity index (χ3n) is 2.84. The molecular weight excluding hydrogens is 290 g/mol. The van der Waals surface area contributed by atoms with Gasteiger partial charge in [-0.3, -0.25) is 0 Å². The molecule has 0 radical (unpaired) electrons. The molecule has 2 rings (SSSR count). The number of nitrogens with two attached hydrogens (primary N) is 1. The van der Waals surface area contributed by atoms with Gasteiger partial charge in [-0.25, -0.2) is 4.98 Å². The molecule has 0 fully saturated rings. The van der Waals surface area contributed by atoms with Crippen molar-refractivity contribution < 1.29 is 0 Å². The highest BCUT2D eigenvalue weighted by molar-refractivity contribution is 9.10. The third-order valence-corrected chi connectivity index (χ3v) is 3.33. The van der Waals surface area contributed by atoms with Crippen LogP contribution in [-0.2, 0) is 6.54 Å². The summed E-state index contributed by atoms with van der Waals surface area (Å²) < 4.78 is 1.09. The number of anilines is 2. The van der Waals surface area contributed by atoms with Crippen molar-refractivity contribution in [1.29, 1.82) is 0 Å². The molecule has 0 aliphatic carbocycles. The molecule has 0 aliphatic heterocycles. The Bertz CT molecular complexity index is 554. The summed E-state index contributed by atoms with van der Waals surface area (Å²) in [5.41, 5.74) is 8.80. The minimum absolute atomic E-state index is 0.731. The number of hydrogen-bond donors (Lipinski definition) is 1. The lowest BCUT2D eigenvalue weighted by molar-refractivity contribution is 0.896. The Balaban J connectivity index is 2.16. The van der Waals surface area contributed by atoms with Crippen molar-refractivity contribution >= 4 is 27.4 Å². The first-order chi connectivity index (χ1) is 8.56. The van der Waals surface area contributed by atoms with Gasteiger partial charge < -0.3 is 10.6 Å². The number of nitrogen functional groups attached to an aromatic ring is 1. The highest BCUT2D eigenvalue weighted by atomic mass is 79.9. The Morgan fingerprint density at radius 2 is 2.11 bits per heavy atom. The standard InChI is InChI=1S/C14H16BrN3/c1-10-6-14(17-8-13(10)16)18(2)9-11-4-3-5-12(15)7-11/h3-8H,9,16H2,1-2H3. The fraction of sp³-hybridized carbons (Fsp3) is 0.214. The Labute approximate surface area is 116 Å². The molecule has 1 aromatic heterocycles. The molecule has 1 heterocycles. The molecule has 2 aromatic rings. The van der Waals surface area contributed by atoms with Gasteiger partial charge >= 0.3 is 0 Å². The first kappa shape index (κ1) is 12.9. The van der Waals surface area contributed by atoms with Gasteiger partial charge in [-0.15, -0.1) is 0 Å². The molecule has 18 heavy (non-hydrogen) atoms. The Morgan fingerprint density at radius 3 is 2.78 bits per heavy atom. The van der Waals surface area contributed by atoms with Gasteiger partial charge in [0.05, 0.1) is 11.9 Å². The van der Waals surface area contributed by atoms with E-state index in [9.17, 15) is 0 Å². The topological polar surface area (TPSA) is 42.2 Å². The van der Waals surface area contributed by atoms with Crippen LogP contribution in [0.25, 0.3) is 0 Å². The van der Waals surface area contributed by atoms with E-state index in [1.165, 1.54) is 5.56 Å². The molecule has 0 spiro atoms. The molecule has 0 atom stereocenters. The van der Waals surface area contributed by atoms with Gasteiger partial charge in [-0.1, -0.05) is 28.1 Å². The molecule has 4 heteroatoms. The lowest BCUT2D eigenvalue weighted by Gasteiger charge is -2.19. The molecule has 3 nitrogen and oxygen atoms in total. The normalized spacial score (nSPS) is 10.4. The zero-order valence-corrected chi connectivity index (χ0v) is 12.1. The summed E-state index contributed by atoms with van der Waals surface area (Å²) in [7, 11) is 2.03. The number of pyridine rings is 1. The molecule has 0 bridgehead atoms. The average Bonchev–Trinajstić information content (AvgIpc) is 2.32. The predicted molar refractivity (Wildman–Crippen MR) is 79.6 cm³/mol. The summed E-state index contributed by atoms with van der Waals surface area (Å²) in [6, 6.07) is 10.3. The zero-order chi connectivity index (χ0) is 13.1. The molecule has 0 saturated heterocycles. The van der Waals surface area contributed by atoms with Crippen LogP contribution >= 0.6 is 15.9 Å². The first-order valence-electron chi connectivity index (χ1n) is 5.74. The first-order valence-corrected chi connectivity index (χ1v) is 6.53. The van der Waals surface area contributed by atoms with Crippen molar-refractivity contribution in [2.45, 2.75) is 13.5 Å². The van der Waals surface area contributed by atoms with Gasteiger partial charge in [0.25, 0.3) is 0 Å². The average molecular weight is 306 g/mol. The van der Waals surface area contributed by atoms with Crippen LogP contribution in [0.1, 0.15) is 11.1 Å². The zero-order valence-electron chi connectivity index (χ0n) is 10.5. The summed E-state index contributed by atoms with van der Waals surface area (Å²) in [6.07, 6.45) is 1.71. The minimum Gasteiger partial charge on any atom is -0.397 e. The fourth-order valence-corrected chi connectivity index (χ4v) is 2.20. The van der Waals surface area contributed by atoms with Gasteiger partial charge in [0, 0.05) is 18.1 Å². The minimum atomic E-state index is 0.731. The van der Waals surface area contributed by atoms with Crippen LogP contribution < -0.4 is 10.6 Å². The molecule has 2 N–H and O–H groups in total. The van der Waals surface area contributed by atoms with Gasteiger partial charge in [0.15, 0.2) is 0 Å². The van der Waals surface area contributed by atoms with Gasteiger partial charge in [0.2, 0.25) is 0 Å². The Hall–Kier alpha value is -1.55. The summed E-state index contributed by atoms with van der Waals surface area (Å²) in [4.78, 5) is 6.45. The summed E-state index contributed by atoms with van der Waals surface area (Å²) in [6.45, 7) is 2.81. The second-order valence-corrected chi connectivity index (χ2v) is 5.30. The van der Waals surface area contributed by atoms with E-state index < -0.39 is 0 Å². The Morgan fingerprint density at radius 1 is 1.33 bits per heavy atom. The van der Waals surface area contributed by atoms with Crippen LogP contribution in [0.3, 0.4) is 0 Å². The van der Waals surface area contributed by atoms with E-state index in [2.05, 4.69) is 37.9 Å². The quantitative estimate of drug-likeness (QED) is 0.945. The molecule has 94 valence electrons. The lowest BCUT2D eigenvalue weighted by atomic mass is 10.2. The number of hydrogen-bond acceptors (Lipinski definition) is 3. The van der Waals surface area contributed by atoms with Crippen molar-refractivity contribution in [3.8, 4) is 0 Å². The lowest BCUT2D eigenvalue weighted by Crippen LogP contribution is -2.17. The number of halogens is 1. The van der Waals surface area contributed by atoms with E-state index >= 15 is 0 Å². The SMILES string of the molecule is Cc1cc(N(C)Cc2cccc(Br)c2)ncc1N. The molecule has 1 aromatic carbocycles. The highest BCUT2D eigenvalue weighted by Gasteiger charge is 2.05. The van der Waals surface area contributed by atoms with Crippen LogP contribution in [0.2, 0.25) is 0 Å². The van der Waals surface area contributed by atoms with Gasteiger partial charge in [-0.05, 0) is 36.2 Å². The highest BCUT2D eigenvalue weighted by Crippen LogP contribution is 2.19. The molecule has 0 unspecified atom stereocenters. The molecule has 0 aliphatic rings. The van der Waals surface area contributed by atoms with E-state index in [0.29, 0.717) is 0 Å². The van der Waals surface area contributed by atoms with E-state index in [4.69, 9.17) is 5.73 Å². The maximum absolute atomic E-state index is 5.77.